The molecule has 2 aliphatic rings. The van der Waals surface area contributed by atoms with Crippen LogP contribution in [-0.4, -0.2) is 25.3 Å². The van der Waals surface area contributed by atoms with E-state index in [2.05, 4.69) is 33.8 Å². The normalized spacial score (nSPS) is 36.5. The first-order valence-electron chi connectivity index (χ1n) is 9.35. The molecule has 1 fully saturated rings. The Labute approximate surface area is 141 Å². The Morgan fingerprint density at radius 2 is 2.09 bits per heavy atom. The van der Waals surface area contributed by atoms with Gasteiger partial charge in [0.2, 0.25) is 0 Å². The van der Waals surface area contributed by atoms with Crippen molar-refractivity contribution in [3.63, 3.8) is 0 Å². The molecule has 3 heteroatoms. The fraction of sp³-hybridized carbons (Fsp3) is 0.850. The summed E-state index contributed by atoms with van der Waals surface area (Å²) in [6, 6.07) is 0. The number of hydrogen-bond donors (Lipinski definition) is 0. The average molecular weight is 322 g/mol. The van der Waals surface area contributed by atoms with E-state index in [9.17, 15) is 4.79 Å². The van der Waals surface area contributed by atoms with Crippen molar-refractivity contribution < 1.29 is 14.3 Å². The molecule has 0 aromatic heterocycles. The molecule has 5 atom stereocenters. The maximum Gasteiger partial charge on any atom is 0.302 e. The van der Waals surface area contributed by atoms with Gasteiger partial charge in [-0.3, -0.25) is 4.79 Å². The number of ether oxygens (including phenoxy) is 2. The van der Waals surface area contributed by atoms with Crippen LogP contribution < -0.4 is 0 Å². The molecule has 0 aromatic rings. The van der Waals surface area contributed by atoms with Crippen LogP contribution in [0.2, 0.25) is 0 Å². The SMILES string of the molecule is CCCCCC[C@H]1OC[C@]2(COC(C)=O)[C@H](C)[C@@H]1C(C)=C[C@@H]2C. The van der Waals surface area contributed by atoms with E-state index in [0.29, 0.717) is 37.1 Å². The molecule has 1 heterocycles. The van der Waals surface area contributed by atoms with Crippen molar-refractivity contribution in [2.24, 2.45) is 23.2 Å². The van der Waals surface area contributed by atoms with Crippen LogP contribution in [0.5, 0.6) is 0 Å². The second kappa shape index (κ2) is 7.83. The smallest absolute Gasteiger partial charge is 0.302 e. The molecule has 23 heavy (non-hydrogen) atoms. The second-order valence-corrected chi connectivity index (χ2v) is 7.73. The molecule has 1 saturated heterocycles. The molecule has 0 spiro atoms. The summed E-state index contributed by atoms with van der Waals surface area (Å²) in [5.74, 6) is 1.15. The highest BCUT2D eigenvalue weighted by Crippen LogP contribution is 2.53. The minimum Gasteiger partial charge on any atom is -0.465 e. The number of carbonyl (C=O) groups excluding carboxylic acids is 1. The molecule has 0 unspecified atom stereocenters. The highest BCUT2D eigenvalue weighted by atomic mass is 16.5. The van der Waals surface area contributed by atoms with E-state index < -0.39 is 0 Å². The van der Waals surface area contributed by atoms with Gasteiger partial charge in [-0.05, 0) is 25.2 Å². The molecule has 0 amide bonds. The standard InChI is InChI=1S/C20H34O3/c1-6-7-8-9-10-18-19-14(2)11-15(3)20(13-23-18,16(19)4)12-22-17(5)21/h11,15-16,18-19H,6-10,12-13H2,1-5H3/t15-,16+,18+,19-,20-/m0/s1. The van der Waals surface area contributed by atoms with Gasteiger partial charge in [-0.1, -0.05) is 58.1 Å². The fourth-order valence-corrected chi connectivity index (χ4v) is 4.66. The van der Waals surface area contributed by atoms with Crippen molar-refractivity contribution >= 4 is 5.97 Å². The van der Waals surface area contributed by atoms with E-state index in [4.69, 9.17) is 9.47 Å². The number of allylic oxidation sites excluding steroid dienone is 1. The Bertz CT molecular complexity index is 442. The summed E-state index contributed by atoms with van der Waals surface area (Å²) < 4.78 is 11.8. The lowest BCUT2D eigenvalue weighted by Crippen LogP contribution is -2.56. The van der Waals surface area contributed by atoms with E-state index in [1.807, 2.05) is 0 Å². The first-order chi connectivity index (χ1) is 10.9. The molecule has 132 valence electrons. The number of rotatable bonds is 7. The van der Waals surface area contributed by atoms with Crippen molar-refractivity contribution in [3.05, 3.63) is 11.6 Å². The molecule has 0 radical (unpaired) electrons. The van der Waals surface area contributed by atoms with E-state index in [-0.39, 0.29) is 11.4 Å². The quantitative estimate of drug-likeness (QED) is 0.385. The minimum absolute atomic E-state index is 0.0598. The van der Waals surface area contributed by atoms with E-state index in [1.165, 1.54) is 38.2 Å². The summed E-state index contributed by atoms with van der Waals surface area (Å²) in [5, 5.41) is 0. The third-order valence-corrected chi connectivity index (χ3v) is 6.24. The molecule has 2 rings (SSSR count). The molecular weight excluding hydrogens is 288 g/mol. The van der Waals surface area contributed by atoms with Gasteiger partial charge in [0.1, 0.15) is 0 Å². The summed E-state index contributed by atoms with van der Waals surface area (Å²) in [5.41, 5.74) is 1.40. The van der Waals surface area contributed by atoms with Crippen LogP contribution in [0.25, 0.3) is 0 Å². The van der Waals surface area contributed by atoms with Gasteiger partial charge in [-0.25, -0.2) is 0 Å². The zero-order valence-corrected chi connectivity index (χ0v) is 15.6. The first kappa shape index (κ1) is 18.5. The molecule has 2 bridgehead atoms. The van der Waals surface area contributed by atoms with Gasteiger partial charge >= 0.3 is 5.97 Å². The lowest BCUT2D eigenvalue weighted by Gasteiger charge is -2.55. The zero-order valence-electron chi connectivity index (χ0n) is 15.6. The number of fused-ring (bicyclic) bond motifs is 2. The summed E-state index contributed by atoms with van der Waals surface area (Å²) in [6.45, 7) is 11.8. The van der Waals surface area contributed by atoms with Gasteiger partial charge in [0.25, 0.3) is 0 Å². The predicted octanol–water partition coefficient (Wildman–Crippen LogP) is 4.75. The second-order valence-electron chi connectivity index (χ2n) is 7.73. The summed E-state index contributed by atoms with van der Waals surface area (Å²) >= 11 is 0. The Kier molecular flexibility index (Phi) is 6.30. The van der Waals surface area contributed by atoms with Crippen LogP contribution in [0.1, 0.15) is 66.7 Å². The van der Waals surface area contributed by atoms with Crippen molar-refractivity contribution in [1.29, 1.82) is 0 Å². The predicted molar refractivity (Wildman–Crippen MR) is 93.1 cm³/mol. The van der Waals surface area contributed by atoms with Gasteiger partial charge < -0.3 is 9.47 Å². The first-order valence-corrected chi connectivity index (χ1v) is 9.35. The summed E-state index contributed by atoms with van der Waals surface area (Å²) in [4.78, 5) is 11.3. The van der Waals surface area contributed by atoms with Crippen LogP contribution in [0.15, 0.2) is 11.6 Å². The Morgan fingerprint density at radius 3 is 2.74 bits per heavy atom. The van der Waals surface area contributed by atoms with Gasteiger partial charge in [0.05, 0.1) is 19.3 Å². The largest absolute Gasteiger partial charge is 0.465 e. The number of unbranched alkanes of at least 4 members (excludes halogenated alkanes) is 3. The fourth-order valence-electron chi connectivity index (χ4n) is 4.66. The summed E-state index contributed by atoms with van der Waals surface area (Å²) in [7, 11) is 0. The minimum atomic E-state index is -0.191. The van der Waals surface area contributed by atoms with Crippen LogP contribution in [0.3, 0.4) is 0 Å². The van der Waals surface area contributed by atoms with Crippen LogP contribution in [0, 0.1) is 23.2 Å². The van der Waals surface area contributed by atoms with Gasteiger partial charge in [0, 0.05) is 18.3 Å². The molecule has 1 aliphatic carbocycles. The van der Waals surface area contributed by atoms with E-state index in [0.717, 1.165) is 6.42 Å². The molecule has 1 aliphatic heterocycles. The third kappa shape index (κ3) is 3.81. The van der Waals surface area contributed by atoms with Crippen LogP contribution in [0.4, 0.5) is 0 Å². The van der Waals surface area contributed by atoms with Crippen molar-refractivity contribution in [2.45, 2.75) is 72.8 Å². The van der Waals surface area contributed by atoms with Gasteiger partial charge in [0.15, 0.2) is 0 Å². The van der Waals surface area contributed by atoms with Gasteiger partial charge in [-0.15, -0.1) is 0 Å². The number of esters is 1. The van der Waals surface area contributed by atoms with E-state index >= 15 is 0 Å². The van der Waals surface area contributed by atoms with Gasteiger partial charge in [-0.2, -0.15) is 0 Å². The number of hydrogen-bond acceptors (Lipinski definition) is 3. The summed E-state index contributed by atoms with van der Waals surface area (Å²) in [6.07, 6.45) is 9.02. The maximum atomic E-state index is 11.3. The van der Waals surface area contributed by atoms with Crippen molar-refractivity contribution in [1.82, 2.24) is 0 Å². The zero-order chi connectivity index (χ0) is 17.0. The third-order valence-electron chi connectivity index (χ3n) is 6.24. The topological polar surface area (TPSA) is 35.5 Å². The molecule has 0 N–H and O–H groups in total. The van der Waals surface area contributed by atoms with Crippen LogP contribution in [-0.2, 0) is 14.3 Å². The lowest BCUT2D eigenvalue weighted by molar-refractivity contribution is -0.180. The monoisotopic (exact) mass is 322 g/mol. The Hall–Kier alpha value is -0.830. The molecular formula is C20H34O3. The number of carbonyl (C=O) groups is 1. The highest BCUT2D eigenvalue weighted by molar-refractivity contribution is 5.65. The molecule has 3 nitrogen and oxygen atoms in total. The van der Waals surface area contributed by atoms with Crippen molar-refractivity contribution in [3.8, 4) is 0 Å². The lowest BCUT2D eigenvalue weighted by atomic mass is 9.56. The maximum absolute atomic E-state index is 11.3. The Morgan fingerprint density at radius 1 is 1.35 bits per heavy atom. The Balaban J connectivity index is 2.11. The van der Waals surface area contributed by atoms with E-state index in [1.54, 1.807) is 0 Å². The molecule has 0 saturated carbocycles. The molecule has 0 aromatic carbocycles. The van der Waals surface area contributed by atoms with Crippen LogP contribution >= 0.6 is 0 Å². The average Bonchev–Trinajstić information content (AvgIpc) is 2.49. The van der Waals surface area contributed by atoms with Crippen molar-refractivity contribution in [2.75, 3.05) is 13.2 Å². The highest BCUT2D eigenvalue weighted by Gasteiger charge is 2.53.